The van der Waals surface area contributed by atoms with Crippen molar-refractivity contribution in [1.82, 2.24) is 19.8 Å². The molecule has 0 unspecified atom stereocenters. The SMILES string of the molecule is COc1cccc2c(C(=O)N3CCC[C@H]3C(=O)Nc3ccc(C#Cc4ccc(NC(=O)[C@@H]5CCCN5C(=O)Cc5cccnc5)cc4)cc3)nc(Cl)cc12. The number of hydrogen-bond acceptors (Lipinski definition) is 7. The average Bonchev–Trinajstić information content (AvgIpc) is 3.89. The summed E-state index contributed by atoms with van der Waals surface area (Å²) in [5.41, 5.74) is 3.71. The Morgan fingerprint density at radius 1 is 0.796 bits per heavy atom. The first-order valence-electron chi connectivity index (χ1n) is 17.7. The molecule has 12 heteroatoms. The van der Waals surface area contributed by atoms with Crippen molar-refractivity contribution in [2.24, 2.45) is 0 Å². The van der Waals surface area contributed by atoms with Gasteiger partial charge in [-0.25, -0.2) is 4.98 Å². The molecule has 7 rings (SSSR count). The Morgan fingerprint density at radius 2 is 1.41 bits per heavy atom. The second-order valence-corrected chi connectivity index (χ2v) is 13.6. The molecule has 272 valence electrons. The number of nitrogens with one attached hydrogen (secondary N) is 2. The van der Waals surface area contributed by atoms with Crippen LogP contribution in [-0.2, 0) is 20.8 Å². The zero-order valence-electron chi connectivity index (χ0n) is 29.6. The summed E-state index contributed by atoms with van der Waals surface area (Å²) in [6.45, 7) is 0.975. The Balaban J connectivity index is 0.940. The first-order chi connectivity index (χ1) is 26.3. The van der Waals surface area contributed by atoms with Crippen LogP contribution in [0.4, 0.5) is 11.4 Å². The maximum Gasteiger partial charge on any atom is 0.273 e. The van der Waals surface area contributed by atoms with Gasteiger partial charge in [0.2, 0.25) is 17.7 Å². The predicted octanol–water partition coefficient (Wildman–Crippen LogP) is 6.11. The number of anilines is 2. The van der Waals surface area contributed by atoms with Gasteiger partial charge in [-0.1, -0.05) is 41.6 Å². The molecule has 2 N–H and O–H groups in total. The Morgan fingerprint density at radius 3 is 2.00 bits per heavy atom. The van der Waals surface area contributed by atoms with E-state index in [9.17, 15) is 19.2 Å². The summed E-state index contributed by atoms with van der Waals surface area (Å²) in [4.78, 5) is 64.9. The third-order valence-corrected chi connectivity index (χ3v) is 9.85. The van der Waals surface area contributed by atoms with Gasteiger partial charge < -0.3 is 25.2 Å². The molecule has 4 amide bonds. The van der Waals surface area contributed by atoms with E-state index in [1.54, 1.807) is 83.9 Å². The number of rotatable bonds is 8. The lowest BCUT2D eigenvalue weighted by atomic mass is 10.1. The topological polar surface area (TPSA) is 134 Å². The number of aromatic nitrogens is 2. The Hall–Kier alpha value is -6.25. The zero-order valence-corrected chi connectivity index (χ0v) is 30.3. The maximum absolute atomic E-state index is 13.8. The summed E-state index contributed by atoms with van der Waals surface area (Å²) in [5, 5.41) is 7.33. The molecule has 11 nitrogen and oxygen atoms in total. The summed E-state index contributed by atoms with van der Waals surface area (Å²) >= 11 is 6.30. The van der Waals surface area contributed by atoms with Crippen LogP contribution in [-0.4, -0.2) is 75.7 Å². The van der Waals surface area contributed by atoms with Crippen LogP contribution in [0.5, 0.6) is 5.75 Å². The average molecular weight is 741 g/mol. The van der Waals surface area contributed by atoms with Crippen molar-refractivity contribution in [1.29, 1.82) is 0 Å². The van der Waals surface area contributed by atoms with Gasteiger partial charge in [-0.15, -0.1) is 0 Å². The van der Waals surface area contributed by atoms with E-state index < -0.39 is 12.1 Å². The second-order valence-electron chi connectivity index (χ2n) is 13.2. The van der Waals surface area contributed by atoms with Crippen molar-refractivity contribution in [3.63, 3.8) is 0 Å². The number of fused-ring (bicyclic) bond motifs is 1. The minimum absolute atomic E-state index is 0.0859. The quantitative estimate of drug-likeness (QED) is 0.145. The monoisotopic (exact) mass is 740 g/mol. The Kier molecular flexibility index (Phi) is 10.8. The standard InChI is InChI=1S/C42H37ClN6O5/c1-54-36-10-2-7-32-33(36)25-37(43)47-39(32)42(53)49-23-5-9-35(49)41(52)46-31-19-15-28(16-20-31)12-11-27-13-17-30(18-14-27)45-40(51)34-8-4-22-48(34)38(50)24-29-6-3-21-44-26-29/h2-3,6-7,10,13-21,25-26,34-35H,4-5,8-9,22-24H2,1H3,(H,45,51)(H,46,52)/t34-,35-/m0/s1. The van der Waals surface area contributed by atoms with Gasteiger partial charge in [-0.2, -0.15) is 0 Å². The zero-order chi connectivity index (χ0) is 37.6. The fourth-order valence-corrected chi connectivity index (χ4v) is 7.16. The van der Waals surface area contributed by atoms with Gasteiger partial charge >= 0.3 is 0 Å². The first-order valence-corrected chi connectivity index (χ1v) is 18.1. The van der Waals surface area contributed by atoms with Gasteiger partial charge in [0.05, 0.1) is 13.5 Å². The van der Waals surface area contributed by atoms with Crippen LogP contribution in [0.25, 0.3) is 10.8 Å². The molecule has 0 spiro atoms. The second kappa shape index (κ2) is 16.2. The summed E-state index contributed by atoms with van der Waals surface area (Å²) in [5.74, 6) is 5.89. The lowest BCUT2D eigenvalue weighted by Gasteiger charge is -2.24. The lowest BCUT2D eigenvalue weighted by molar-refractivity contribution is -0.136. The minimum atomic E-state index is -0.664. The normalized spacial score (nSPS) is 16.4. The molecular weight excluding hydrogens is 704 g/mol. The highest BCUT2D eigenvalue weighted by molar-refractivity contribution is 6.30. The van der Waals surface area contributed by atoms with E-state index in [2.05, 4.69) is 32.4 Å². The highest BCUT2D eigenvalue weighted by Gasteiger charge is 2.36. The molecule has 54 heavy (non-hydrogen) atoms. The number of hydrogen-bond donors (Lipinski definition) is 2. The number of carbonyl (C=O) groups excluding carboxylic acids is 4. The summed E-state index contributed by atoms with van der Waals surface area (Å²) in [7, 11) is 1.55. The van der Waals surface area contributed by atoms with Crippen molar-refractivity contribution < 1.29 is 23.9 Å². The van der Waals surface area contributed by atoms with Gasteiger partial charge in [0.1, 0.15) is 28.7 Å². The van der Waals surface area contributed by atoms with Crippen molar-refractivity contribution >= 4 is 57.4 Å². The summed E-state index contributed by atoms with van der Waals surface area (Å²) < 4.78 is 5.46. The number of benzene rings is 3. The number of amides is 4. The van der Waals surface area contributed by atoms with E-state index in [4.69, 9.17) is 16.3 Å². The van der Waals surface area contributed by atoms with Gasteiger partial charge in [-0.05, 0) is 98.0 Å². The molecule has 2 atom stereocenters. The van der Waals surface area contributed by atoms with Crippen LogP contribution in [0.1, 0.15) is 52.9 Å². The molecule has 0 saturated carbocycles. The highest BCUT2D eigenvalue weighted by Crippen LogP contribution is 2.31. The van der Waals surface area contributed by atoms with Crippen molar-refractivity contribution in [3.05, 3.63) is 125 Å². The summed E-state index contributed by atoms with van der Waals surface area (Å²) in [6, 6.07) is 23.9. The minimum Gasteiger partial charge on any atom is -0.496 e. The number of ether oxygens (including phenoxy) is 1. The molecule has 0 aliphatic carbocycles. The van der Waals surface area contributed by atoms with Crippen LogP contribution in [0.15, 0.2) is 97.3 Å². The van der Waals surface area contributed by atoms with E-state index in [0.29, 0.717) is 60.2 Å². The number of carbonyl (C=O) groups is 4. The smallest absolute Gasteiger partial charge is 0.273 e. The third kappa shape index (κ3) is 8.04. The molecule has 5 aromatic rings. The molecule has 3 aromatic carbocycles. The van der Waals surface area contributed by atoms with E-state index in [1.165, 1.54) is 0 Å². The van der Waals surface area contributed by atoms with Gasteiger partial charge in [0.15, 0.2) is 0 Å². The number of nitrogens with zero attached hydrogens (tertiary/aromatic N) is 4. The molecule has 2 saturated heterocycles. The van der Waals surface area contributed by atoms with E-state index in [-0.39, 0.29) is 40.9 Å². The largest absolute Gasteiger partial charge is 0.496 e. The number of methoxy groups -OCH3 is 1. The van der Waals surface area contributed by atoms with E-state index >= 15 is 0 Å². The first kappa shape index (κ1) is 36.1. The molecule has 2 aromatic heterocycles. The maximum atomic E-state index is 13.8. The fraction of sp³-hybridized carbons (Fsp3) is 0.238. The predicted molar refractivity (Wildman–Crippen MR) is 206 cm³/mol. The Labute approximate surface area is 317 Å². The van der Waals surface area contributed by atoms with Gasteiger partial charge in [0, 0.05) is 58.8 Å². The van der Waals surface area contributed by atoms with Crippen molar-refractivity contribution in [3.8, 4) is 17.6 Å². The van der Waals surface area contributed by atoms with E-state index in [0.717, 1.165) is 23.1 Å². The third-order valence-electron chi connectivity index (χ3n) is 9.65. The molecule has 4 heterocycles. The lowest BCUT2D eigenvalue weighted by Crippen LogP contribution is -2.43. The summed E-state index contributed by atoms with van der Waals surface area (Å²) in [6.07, 6.45) is 6.14. The molecule has 2 aliphatic rings. The van der Waals surface area contributed by atoms with Gasteiger partial charge in [-0.3, -0.25) is 24.2 Å². The number of halogens is 1. The van der Waals surface area contributed by atoms with E-state index in [1.807, 2.05) is 30.3 Å². The van der Waals surface area contributed by atoms with Crippen molar-refractivity contribution in [2.45, 2.75) is 44.2 Å². The van der Waals surface area contributed by atoms with Crippen LogP contribution >= 0.6 is 11.6 Å². The molecule has 0 bridgehead atoms. The van der Waals surface area contributed by atoms with Crippen LogP contribution < -0.4 is 15.4 Å². The number of likely N-dealkylation sites (tertiary alicyclic amines) is 2. The van der Waals surface area contributed by atoms with Crippen LogP contribution in [0.2, 0.25) is 5.15 Å². The Bertz CT molecular complexity index is 2270. The molecule has 0 radical (unpaired) electrons. The molecule has 2 aliphatic heterocycles. The molecular formula is C42H37ClN6O5. The fourth-order valence-electron chi connectivity index (χ4n) is 6.96. The van der Waals surface area contributed by atoms with Gasteiger partial charge in [0.25, 0.3) is 5.91 Å². The van der Waals surface area contributed by atoms with Crippen LogP contribution in [0.3, 0.4) is 0 Å². The molecule has 2 fully saturated rings. The number of pyridine rings is 2. The highest BCUT2D eigenvalue weighted by atomic mass is 35.5. The van der Waals surface area contributed by atoms with Crippen molar-refractivity contribution in [2.75, 3.05) is 30.8 Å². The van der Waals surface area contributed by atoms with Crippen LogP contribution in [0, 0.1) is 11.8 Å².